The van der Waals surface area contributed by atoms with E-state index < -0.39 is 23.5 Å². The maximum Gasteiger partial charge on any atom is 0.337 e. The fraction of sp³-hybridized carbons (Fsp3) is 0.235. The molecule has 0 radical (unpaired) electrons. The predicted octanol–water partition coefficient (Wildman–Crippen LogP) is 5.63. The van der Waals surface area contributed by atoms with Gasteiger partial charge in [-0.3, -0.25) is 19.2 Å². The Hall–Kier alpha value is -5.29. The molecule has 236 valence electrons. The maximum atomic E-state index is 13.9. The van der Waals surface area contributed by atoms with E-state index in [4.69, 9.17) is 16.3 Å². The van der Waals surface area contributed by atoms with Crippen molar-refractivity contribution in [2.45, 2.75) is 38.6 Å². The number of para-hydroxylation sites is 1. The number of hydrogen-bond donors (Lipinski definition) is 3. The van der Waals surface area contributed by atoms with Crippen LogP contribution >= 0.6 is 11.6 Å². The van der Waals surface area contributed by atoms with Crippen LogP contribution in [0.15, 0.2) is 77.6 Å². The van der Waals surface area contributed by atoms with Gasteiger partial charge in [0.15, 0.2) is 5.78 Å². The Morgan fingerprint density at radius 3 is 2.33 bits per heavy atom. The highest BCUT2D eigenvalue weighted by atomic mass is 35.5. The summed E-state index contributed by atoms with van der Waals surface area (Å²) in [6, 6.07) is 17.4. The number of anilines is 2. The first-order chi connectivity index (χ1) is 22.0. The number of benzene rings is 3. The number of carboxylic acid groups (broad SMARTS) is 1. The number of carbonyl (C=O) groups is 4. The number of rotatable bonds is 11. The van der Waals surface area contributed by atoms with Crippen LogP contribution in [0.5, 0.6) is 5.88 Å². The monoisotopic (exact) mass is 642 g/mol. The van der Waals surface area contributed by atoms with Gasteiger partial charge in [-0.25, -0.2) is 9.48 Å². The van der Waals surface area contributed by atoms with Crippen molar-refractivity contribution in [3.8, 4) is 17.0 Å². The van der Waals surface area contributed by atoms with Crippen LogP contribution in [0.1, 0.15) is 58.5 Å². The van der Waals surface area contributed by atoms with Gasteiger partial charge in [-0.05, 0) is 73.4 Å². The Balaban J connectivity index is 1.54. The van der Waals surface area contributed by atoms with Gasteiger partial charge < -0.3 is 20.5 Å². The van der Waals surface area contributed by atoms with Gasteiger partial charge >= 0.3 is 5.97 Å². The number of methoxy groups -OCH3 is 1. The second-order valence-electron chi connectivity index (χ2n) is 11.0. The van der Waals surface area contributed by atoms with Gasteiger partial charge in [-0.2, -0.15) is 0 Å². The topological polar surface area (TPSA) is 157 Å². The van der Waals surface area contributed by atoms with E-state index in [9.17, 15) is 29.1 Å². The molecule has 0 aliphatic heterocycles. The number of carbonyl (C=O) groups excluding carboxylic acids is 3. The van der Waals surface area contributed by atoms with E-state index in [-0.39, 0.29) is 46.7 Å². The quantitative estimate of drug-likeness (QED) is 0.178. The fourth-order valence-corrected chi connectivity index (χ4v) is 5.38. The summed E-state index contributed by atoms with van der Waals surface area (Å²) >= 11 is 6.22. The molecule has 46 heavy (non-hydrogen) atoms. The van der Waals surface area contributed by atoms with Crippen LogP contribution in [0.3, 0.4) is 0 Å². The molecule has 1 atom stereocenters. The Kier molecular flexibility index (Phi) is 9.62. The molecule has 1 aromatic heterocycles. The molecule has 11 nitrogen and oxygen atoms in total. The third-order valence-electron chi connectivity index (χ3n) is 7.91. The lowest BCUT2D eigenvalue weighted by Gasteiger charge is -2.24. The second kappa shape index (κ2) is 13.8. The fourth-order valence-electron chi connectivity index (χ4n) is 5.21. The van der Waals surface area contributed by atoms with Crippen molar-refractivity contribution in [1.29, 1.82) is 0 Å². The summed E-state index contributed by atoms with van der Waals surface area (Å²) in [6.07, 6.45) is 2.74. The van der Waals surface area contributed by atoms with Crippen LogP contribution in [-0.4, -0.2) is 45.6 Å². The zero-order valence-electron chi connectivity index (χ0n) is 25.1. The van der Waals surface area contributed by atoms with Crippen molar-refractivity contribution in [1.82, 2.24) is 9.78 Å². The number of nitrogens with zero attached hydrogens (tertiary/aromatic N) is 2. The molecule has 4 aromatic rings. The first-order valence-electron chi connectivity index (χ1n) is 14.6. The van der Waals surface area contributed by atoms with Crippen molar-refractivity contribution >= 4 is 46.5 Å². The van der Waals surface area contributed by atoms with Crippen LogP contribution in [0.2, 0.25) is 5.02 Å². The highest BCUT2D eigenvalue weighted by Gasteiger charge is 2.28. The molecular weight excluding hydrogens is 612 g/mol. The lowest BCUT2D eigenvalue weighted by atomic mass is 9.85. The summed E-state index contributed by atoms with van der Waals surface area (Å²) in [6.45, 7) is 1.38. The summed E-state index contributed by atoms with van der Waals surface area (Å²) < 4.78 is 6.49. The van der Waals surface area contributed by atoms with Crippen molar-refractivity contribution < 1.29 is 29.0 Å². The Bertz CT molecular complexity index is 1880. The van der Waals surface area contributed by atoms with E-state index in [0.29, 0.717) is 27.4 Å². The third-order valence-corrected chi connectivity index (χ3v) is 8.14. The van der Waals surface area contributed by atoms with Gasteiger partial charge in [0.1, 0.15) is 6.04 Å². The van der Waals surface area contributed by atoms with Gasteiger partial charge in [-0.15, -0.1) is 5.10 Å². The Morgan fingerprint density at radius 2 is 1.70 bits per heavy atom. The van der Waals surface area contributed by atoms with Gasteiger partial charge in [0, 0.05) is 34.7 Å². The van der Waals surface area contributed by atoms with E-state index in [1.807, 2.05) is 0 Å². The molecule has 1 aliphatic carbocycles. The molecule has 1 fully saturated rings. The lowest BCUT2D eigenvalue weighted by molar-refractivity contribution is -0.122. The first-order valence-corrected chi connectivity index (χ1v) is 14.9. The van der Waals surface area contributed by atoms with Gasteiger partial charge in [-0.1, -0.05) is 42.3 Å². The van der Waals surface area contributed by atoms with Crippen molar-refractivity contribution in [2.75, 3.05) is 17.7 Å². The maximum absolute atomic E-state index is 13.9. The minimum atomic E-state index is -1.26. The number of amides is 2. The van der Waals surface area contributed by atoms with Crippen molar-refractivity contribution in [3.05, 3.63) is 105 Å². The number of hydrogen-bond acceptors (Lipinski definition) is 7. The van der Waals surface area contributed by atoms with E-state index in [1.165, 1.54) is 44.4 Å². The van der Waals surface area contributed by atoms with Gasteiger partial charge in [0.05, 0.1) is 23.9 Å². The first kappa shape index (κ1) is 32.1. The van der Waals surface area contributed by atoms with Crippen molar-refractivity contribution in [2.24, 2.45) is 5.92 Å². The number of nitrogens with one attached hydrogen (secondary N) is 2. The molecule has 1 saturated carbocycles. The van der Waals surface area contributed by atoms with Crippen LogP contribution in [0.25, 0.3) is 11.1 Å². The Labute approximate surface area is 269 Å². The van der Waals surface area contributed by atoms with Crippen LogP contribution in [0, 0.1) is 5.92 Å². The minimum Gasteiger partial charge on any atom is -0.480 e. The summed E-state index contributed by atoms with van der Waals surface area (Å²) in [5, 5.41) is 19.9. The summed E-state index contributed by atoms with van der Waals surface area (Å²) in [5.41, 5.74) is 1.31. The smallest absolute Gasteiger partial charge is 0.337 e. The molecule has 2 amide bonds. The summed E-state index contributed by atoms with van der Waals surface area (Å²) in [4.78, 5) is 64.1. The highest BCUT2D eigenvalue weighted by Crippen LogP contribution is 2.33. The normalized spacial score (nSPS) is 13.3. The largest absolute Gasteiger partial charge is 0.480 e. The molecule has 0 bridgehead atoms. The molecule has 0 spiro atoms. The third kappa shape index (κ3) is 7.00. The van der Waals surface area contributed by atoms with Gasteiger partial charge in [0.2, 0.25) is 17.7 Å². The standard InChI is InChI=1S/C34H31ClN4O7/c1-19(40)24-15-12-22(35)17-26(24)27-18-30(41)39(38-33(27)46-2)29(32(43)37-28-9-4-3-8-25(28)34(44)45)16-20-10-13-23(14-11-20)36-31(42)21-6-5-7-21/h3-4,8-15,17-18,21,29H,5-7,16H2,1-2H3,(H,36,42)(H,37,43)(H,44,45). The average Bonchev–Trinajstić information content (AvgIpc) is 2.99. The Morgan fingerprint density at radius 1 is 0.978 bits per heavy atom. The lowest BCUT2D eigenvalue weighted by Crippen LogP contribution is -2.36. The van der Waals surface area contributed by atoms with Crippen molar-refractivity contribution in [3.63, 3.8) is 0 Å². The molecule has 0 saturated heterocycles. The SMILES string of the molecule is COc1nn(C(Cc2ccc(NC(=O)C3CCC3)cc2)C(=O)Nc2ccccc2C(=O)O)c(=O)cc1-c1cc(Cl)ccc1C(C)=O. The molecular formula is C34H31ClN4O7. The number of ether oxygens (including phenoxy) is 1. The second-order valence-corrected chi connectivity index (χ2v) is 11.4. The molecule has 3 N–H and O–H groups in total. The molecule has 1 aliphatic rings. The van der Waals surface area contributed by atoms with Crippen LogP contribution in [-0.2, 0) is 16.0 Å². The molecule has 5 rings (SSSR count). The van der Waals surface area contributed by atoms with Crippen LogP contribution in [0.4, 0.5) is 11.4 Å². The predicted molar refractivity (Wildman–Crippen MR) is 173 cm³/mol. The molecule has 1 unspecified atom stereocenters. The molecule has 1 heterocycles. The summed E-state index contributed by atoms with van der Waals surface area (Å²) in [5.74, 6) is -2.27. The summed E-state index contributed by atoms with van der Waals surface area (Å²) in [7, 11) is 1.34. The number of ketones is 1. The average molecular weight is 643 g/mol. The number of aromatic carboxylic acids is 1. The zero-order valence-corrected chi connectivity index (χ0v) is 25.8. The van der Waals surface area contributed by atoms with E-state index in [1.54, 1.807) is 42.5 Å². The number of halogens is 1. The number of carboxylic acids is 1. The highest BCUT2D eigenvalue weighted by molar-refractivity contribution is 6.31. The van der Waals surface area contributed by atoms with Gasteiger partial charge in [0.25, 0.3) is 5.56 Å². The molecule has 3 aromatic carbocycles. The van der Waals surface area contributed by atoms with E-state index in [0.717, 1.165) is 23.9 Å². The van der Waals surface area contributed by atoms with E-state index >= 15 is 0 Å². The van der Waals surface area contributed by atoms with E-state index in [2.05, 4.69) is 15.7 Å². The zero-order chi connectivity index (χ0) is 33.0. The van der Waals surface area contributed by atoms with Crippen LogP contribution < -0.4 is 20.9 Å². The minimum absolute atomic E-state index is 0.00997. The number of aromatic nitrogens is 2. The molecule has 12 heteroatoms. The number of Topliss-reactive ketones (excluding diaryl/α,β-unsaturated/α-hetero) is 1.